The van der Waals surface area contributed by atoms with Crippen LogP contribution in [0, 0.1) is 0 Å². The summed E-state index contributed by atoms with van der Waals surface area (Å²) in [6, 6.07) is 0. The molecule has 2 heterocycles. The summed E-state index contributed by atoms with van der Waals surface area (Å²) in [5.74, 6) is -0.460. The third kappa shape index (κ3) is 8.10. The third-order valence-electron chi connectivity index (χ3n) is 4.34. The smallest absolute Gasteiger partial charge is 0.407 e. The van der Waals surface area contributed by atoms with Crippen LogP contribution in [0.2, 0.25) is 0 Å². The Hall–Kier alpha value is -2.11. The van der Waals surface area contributed by atoms with Gasteiger partial charge in [-0.05, 0) is 38.3 Å². The molecule has 0 radical (unpaired) electrons. The number of nitrogens with one attached hydrogen (secondary N) is 2. The highest BCUT2D eigenvalue weighted by atomic mass is 79.9. The number of carbonyl (C=O) groups is 2. The summed E-state index contributed by atoms with van der Waals surface area (Å²) in [5.41, 5.74) is -1.46. The fourth-order valence-corrected chi connectivity index (χ4v) is 3.47. The first kappa shape index (κ1) is 26.1. The van der Waals surface area contributed by atoms with E-state index < -0.39 is 46.6 Å². The topological polar surface area (TPSA) is 129 Å². The van der Waals surface area contributed by atoms with E-state index in [-0.39, 0.29) is 25.1 Å². The predicted octanol–water partition coefficient (Wildman–Crippen LogP) is 2.65. The van der Waals surface area contributed by atoms with Crippen LogP contribution in [0.25, 0.3) is 6.08 Å². The molecule has 0 aromatic carbocycles. The van der Waals surface area contributed by atoms with Crippen LogP contribution in [0.15, 0.2) is 20.8 Å². The number of ether oxygens (including phenoxy) is 3. The molecule has 0 saturated carbocycles. The predicted molar refractivity (Wildman–Crippen MR) is 122 cm³/mol. The first-order valence-corrected chi connectivity index (χ1v) is 11.4. The lowest BCUT2D eigenvalue weighted by atomic mass is 10.2. The number of aromatic amines is 1. The lowest BCUT2D eigenvalue weighted by Crippen LogP contribution is -2.33. The summed E-state index contributed by atoms with van der Waals surface area (Å²) in [4.78, 5) is 51.2. The van der Waals surface area contributed by atoms with Gasteiger partial charge in [-0.25, -0.2) is 9.59 Å². The summed E-state index contributed by atoms with van der Waals surface area (Å²) in [6.07, 6.45) is 1.80. The number of amides is 1. The van der Waals surface area contributed by atoms with Crippen LogP contribution in [-0.4, -0.2) is 51.8 Å². The van der Waals surface area contributed by atoms with Gasteiger partial charge in [0.25, 0.3) is 5.56 Å². The Morgan fingerprint density at radius 3 is 2.78 bits per heavy atom. The van der Waals surface area contributed by atoms with Crippen LogP contribution in [0.3, 0.4) is 0 Å². The fraction of sp³-hybridized carbons (Fsp3) is 0.600. The van der Waals surface area contributed by atoms with Crippen molar-refractivity contribution in [3.05, 3.63) is 37.6 Å². The van der Waals surface area contributed by atoms with Gasteiger partial charge in [-0.3, -0.25) is 19.1 Å². The summed E-state index contributed by atoms with van der Waals surface area (Å²) >= 11 is 9.41. The third-order valence-corrected chi connectivity index (χ3v) is 5.07. The van der Waals surface area contributed by atoms with Crippen molar-refractivity contribution in [2.24, 2.45) is 0 Å². The average Bonchev–Trinajstić information content (AvgIpc) is 3.05. The van der Waals surface area contributed by atoms with E-state index >= 15 is 0 Å². The van der Waals surface area contributed by atoms with Gasteiger partial charge < -0.3 is 19.5 Å². The van der Waals surface area contributed by atoms with Crippen molar-refractivity contribution >= 4 is 45.7 Å². The number of nitrogens with zero attached hydrogens (tertiary/aromatic N) is 1. The lowest BCUT2D eigenvalue weighted by Gasteiger charge is -2.19. The van der Waals surface area contributed by atoms with Crippen LogP contribution in [-0.2, 0) is 19.0 Å². The Morgan fingerprint density at radius 2 is 2.12 bits per heavy atom. The Morgan fingerprint density at radius 1 is 1.41 bits per heavy atom. The van der Waals surface area contributed by atoms with Gasteiger partial charge in [0.1, 0.15) is 24.5 Å². The molecule has 0 spiro atoms. The van der Waals surface area contributed by atoms with E-state index in [4.69, 9.17) is 25.8 Å². The number of esters is 1. The minimum absolute atomic E-state index is 0.0741. The number of H-pyrrole nitrogens is 1. The maximum Gasteiger partial charge on any atom is 0.407 e. The van der Waals surface area contributed by atoms with E-state index in [0.29, 0.717) is 12.8 Å². The molecular weight excluding hydrogens is 510 g/mol. The van der Waals surface area contributed by atoms with E-state index in [1.54, 1.807) is 20.8 Å². The largest absolute Gasteiger partial charge is 0.463 e. The number of alkyl carbamates (subject to hydrolysis) is 1. The molecule has 1 aliphatic heterocycles. The van der Waals surface area contributed by atoms with Crippen LogP contribution in [0.5, 0.6) is 0 Å². The molecule has 178 valence electrons. The van der Waals surface area contributed by atoms with E-state index in [9.17, 15) is 19.2 Å². The molecule has 3 atom stereocenters. The zero-order valence-corrected chi connectivity index (χ0v) is 20.4. The van der Waals surface area contributed by atoms with Crippen LogP contribution >= 0.6 is 27.5 Å². The molecule has 12 heteroatoms. The molecule has 0 aliphatic carbocycles. The van der Waals surface area contributed by atoms with Crippen molar-refractivity contribution in [1.29, 1.82) is 0 Å². The van der Waals surface area contributed by atoms with Gasteiger partial charge in [0.15, 0.2) is 0 Å². The van der Waals surface area contributed by atoms with Gasteiger partial charge >= 0.3 is 17.8 Å². The first-order chi connectivity index (χ1) is 15.0. The van der Waals surface area contributed by atoms with E-state index in [0.717, 1.165) is 0 Å². The molecule has 1 saturated heterocycles. The molecular formula is C20H27BrClN3O7. The lowest BCUT2D eigenvalue weighted by molar-refractivity contribution is -0.148. The molecule has 2 N–H and O–H groups in total. The van der Waals surface area contributed by atoms with Gasteiger partial charge in [-0.2, -0.15) is 0 Å². The monoisotopic (exact) mass is 535 g/mol. The number of halogens is 2. The molecule has 1 aliphatic rings. The Balaban J connectivity index is 1.80. The van der Waals surface area contributed by atoms with Crippen LogP contribution < -0.4 is 16.6 Å². The Labute approximate surface area is 198 Å². The van der Waals surface area contributed by atoms with Crippen LogP contribution in [0.1, 0.15) is 51.8 Å². The van der Waals surface area contributed by atoms with Crippen molar-refractivity contribution in [2.75, 3.05) is 13.2 Å². The second kappa shape index (κ2) is 11.7. The second-order valence-corrected chi connectivity index (χ2v) is 9.23. The highest BCUT2D eigenvalue weighted by Crippen LogP contribution is 2.31. The Kier molecular flexibility index (Phi) is 9.53. The molecule has 2 rings (SSSR count). The number of alkyl halides is 1. The number of hydrogen-bond donors (Lipinski definition) is 2. The van der Waals surface area contributed by atoms with Crippen molar-refractivity contribution in [3.8, 4) is 0 Å². The second-order valence-electron chi connectivity index (χ2n) is 8.14. The molecule has 1 aromatic heterocycles. The number of carbonyl (C=O) groups excluding carboxylic acids is 2. The van der Waals surface area contributed by atoms with Gasteiger partial charge in [0, 0.05) is 25.6 Å². The number of rotatable bonds is 8. The highest BCUT2D eigenvalue weighted by molar-refractivity contribution is 9.11. The number of aromatic nitrogens is 2. The van der Waals surface area contributed by atoms with Gasteiger partial charge in [-0.1, -0.05) is 15.9 Å². The standard InChI is InChI=1S/C20H27BrClN3O7/c1-20(2,3)32-19(29)23-8-4-5-16(26)30-11-14-13(22)9-15(31-14)25-10-12(6-7-21)17(27)24-18(25)28/h6-7,10,13-15H,4-5,8-9,11H2,1-3H3,(H,23,29)(H,24,27,28)/b7-6+. The maximum absolute atomic E-state index is 12.2. The summed E-state index contributed by atoms with van der Waals surface area (Å²) < 4.78 is 17.4. The van der Waals surface area contributed by atoms with Crippen molar-refractivity contribution in [3.63, 3.8) is 0 Å². The van der Waals surface area contributed by atoms with Crippen molar-refractivity contribution < 1.29 is 23.8 Å². The number of hydrogen-bond acceptors (Lipinski definition) is 7. The van der Waals surface area contributed by atoms with Crippen molar-refractivity contribution in [2.45, 2.75) is 63.3 Å². The SMILES string of the molecule is CC(C)(C)OC(=O)NCCCC(=O)OCC1OC(n2cc(/C=C/Br)c(=O)[nH]c2=O)CC1Cl. The fourth-order valence-electron chi connectivity index (χ4n) is 2.90. The highest BCUT2D eigenvalue weighted by Gasteiger charge is 2.36. The van der Waals surface area contributed by atoms with E-state index in [2.05, 4.69) is 26.2 Å². The quantitative estimate of drug-likeness (QED) is 0.297. The molecule has 0 bridgehead atoms. The van der Waals surface area contributed by atoms with E-state index in [1.165, 1.54) is 21.8 Å². The minimum Gasteiger partial charge on any atom is -0.463 e. The van der Waals surface area contributed by atoms with Crippen molar-refractivity contribution in [1.82, 2.24) is 14.9 Å². The Bertz CT molecular complexity index is 954. The van der Waals surface area contributed by atoms with Gasteiger partial charge in [0.05, 0.1) is 10.9 Å². The minimum atomic E-state index is -0.703. The molecule has 1 fully saturated rings. The normalized spacial score (nSPS) is 21.0. The molecule has 10 nitrogen and oxygen atoms in total. The van der Waals surface area contributed by atoms with Crippen LogP contribution in [0.4, 0.5) is 4.79 Å². The average molecular weight is 537 g/mol. The molecule has 1 aromatic rings. The van der Waals surface area contributed by atoms with Gasteiger partial charge in [0.2, 0.25) is 0 Å². The summed E-state index contributed by atoms with van der Waals surface area (Å²) in [7, 11) is 0. The molecule has 3 unspecified atom stereocenters. The van der Waals surface area contributed by atoms with E-state index in [1.807, 2.05) is 0 Å². The van der Waals surface area contributed by atoms with Gasteiger partial charge in [-0.15, -0.1) is 11.6 Å². The summed E-state index contributed by atoms with van der Waals surface area (Å²) in [5, 5.41) is 2.08. The molecule has 32 heavy (non-hydrogen) atoms. The zero-order chi connectivity index (χ0) is 23.9. The summed E-state index contributed by atoms with van der Waals surface area (Å²) in [6.45, 7) is 5.48. The molecule has 1 amide bonds. The maximum atomic E-state index is 12.2. The zero-order valence-electron chi connectivity index (χ0n) is 18.1. The first-order valence-electron chi connectivity index (χ1n) is 10.0.